The van der Waals surface area contributed by atoms with Gasteiger partial charge < -0.3 is 10.8 Å². The Morgan fingerprint density at radius 2 is 1.65 bits per heavy atom. The van der Waals surface area contributed by atoms with E-state index in [2.05, 4.69) is 0 Å². The van der Waals surface area contributed by atoms with Crippen molar-refractivity contribution >= 4 is 21.5 Å². The van der Waals surface area contributed by atoms with E-state index >= 15 is 0 Å². The summed E-state index contributed by atoms with van der Waals surface area (Å²) in [5.41, 5.74) is 6.77. The zero-order valence-electron chi connectivity index (χ0n) is 12.8. The van der Waals surface area contributed by atoms with E-state index in [1.165, 1.54) is 12.1 Å². The van der Waals surface area contributed by atoms with Crippen LogP contribution < -0.4 is 5.73 Å². The van der Waals surface area contributed by atoms with E-state index in [1.807, 2.05) is 0 Å². The molecule has 0 radical (unpaired) electrons. The lowest BCUT2D eigenvalue weighted by atomic mass is 9.95. The van der Waals surface area contributed by atoms with Gasteiger partial charge in [0.1, 0.15) is 0 Å². The van der Waals surface area contributed by atoms with Gasteiger partial charge in [0.25, 0.3) is 0 Å². The maximum Gasteiger partial charge on any atom is 0.325 e. The van der Waals surface area contributed by atoms with E-state index < -0.39 is 20.6 Å². The van der Waals surface area contributed by atoms with Crippen LogP contribution in [0.2, 0.25) is 0 Å². The molecule has 0 aliphatic carbocycles. The lowest BCUT2D eigenvalue weighted by molar-refractivity contribution is -0.140. The predicted octanol–water partition coefficient (Wildman–Crippen LogP) is 2.52. The van der Waals surface area contributed by atoms with Crippen molar-refractivity contribution in [3.63, 3.8) is 0 Å². The average molecular weight is 333 g/mol. The van der Waals surface area contributed by atoms with Crippen LogP contribution in [0.4, 0.5) is 5.69 Å². The van der Waals surface area contributed by atoms with E-state index in [-0.39, 0.29) is 17.7 Å². The molecule has 0 aromatic heterocycles. The highest BCUT2D eigenvalue weighted by atomic mass is 32.2. The van der Waals surface area contributed by atoms with Gasteiger partial charge in [0.15, 0.2) is 14.6 Å². The second kappa shape index (κ2) is 6.42. The fourth-order valence-electron chi connectivity index (χ4n) is 2.58. The smallest absolute Gasteiger partial charge is 0.325 e. The molecule has 0 spiro atoms. The maximum absolute atomic E-state index is 13.0. The molecule has 2 rings (SSSR count). The van der Waals surface area contributed by atoms with Gasteiger partial charge in [-0.2, -0.15) is 0 Å². The van der Waals surface area contributed by atoms with Gasteiger partial charge in [0.05, 0.1) is 4.90 Å². The predicted molar refractivity (Wildman–Crippen MR) is 88.8 cm³/mol. The lowest BCUT2D eigenvalue weighted by Crippen LogP contribution is -2.48. The summed E-state index contributed by atoms with van der Waals surface area (Å²) < 4.78 is 24.1. The molecule has 0 bridgehead atoms. The van der Waals surface area contributed by atoms with Gasteiger partial charge in [0, 0.05) is 12.1 Å². The Bertz CT molecular complexity index is 802. The number of nitrogen functional groups attached to an aromatic ring is 1. The van der Waals surface area contributed by atoms with Crippen LogP contribution in [0.1, 0.15) is 18.9 Å². The molecule has 23 heavy (non-hydrogen) atoms. The summed E-state index contributed by atoms with van der Waals surface area (Å²) in [5.74, 6) is -1.37. The molecule has 0 aliphatic rings. The van der Waals surface area contributed by atoms with Crippen LogP contribution >= 0.6 is 0 Å². The van der Waals surface area contributed by atoms with Crippen LogP contribution in [-0.2, 0) is 21.1 Å². The summed E-state index contributed by atoms with van der Waals surface area (Å²) in [6.45, 7) is 1.56. The number of carbonyl (C=O) groups is 1. The van der Waals surface area contributed by atoms with Gasteiger partial charge in [-0.15, -0.1) is 0 Å². The third kappa shape index (κ3) is 2.94. The third-order valence-corrected chi connectivity index (χ3v) is 6.59. The molecule has 3 N–H and O–H groups in total. The molecule has 0 heterocycles. The number of sulfone groups is 1. The van der Waals surface area contributed by atoms with E-state index in [1.54, 1.807) is 49.4 Å². The number of aliphatic carboxylic acids is 1. The van der Waals surface area contributed by atoms with E-state index in [9.17, 15) is 18.3 Å². The largest absolute Gasteiger partial charge is 0.480 e. The van der Waals surface area contributed by atoms with Crippen LogP contribution in [0.3, 0.4) is 0 Å². The molecule has 2 aromatic carbocycles. The number of para-hydroxylation sites is 1. The molecule has 0 aliphatic heterocycles. The first-order chi connectivity index (χ1) is 10.8. The SMILES string of the molecule is CCC(Cc1ccccc1N)(C(=O)O)S(=O)(=O)c1ccccc1. The molecule has 0 amide bonds. The fraction of sp³-hybridized carbons (Fsp3) is 0.235. The first-order valence-electron chi connectivity index (χ1n) is 7.21. The Kier molecular flexibility index (Phi) is 4.75. The number of carboxylic acids is 1. The minimum absolute atomic E-state index is 0.00116. The highest BCUT2D eigenvalue weighted by Crippen LogP contribution is 2.34. The Morgan fingerprint density at radius 3 is 2.17 bits per heavy atom. The molecule has 5 nitrogen and oxygen atoms in total. The normalized spacial score (nSPS) is 14.1. The average Bonchev–Trinajstić information content (AvgIpc) is 2.54. The molecular formula is C17H19NO4S. The van der Waals surface area contributed by atoms with Crippen molar-refractivity contribution in [2.24, 2.45) is 0 Å². The molecule has 122 valence electrons. The van der Waals surface area contributed by atoms with Gasteiger partial charge in [0.2, 0.25) is 0 Å². The number of rotatable bonds is 6. The van der Waals surface area contributed by atoms with Gasteiger partial charge in [-0.05, 0) is 30.2 Å². The standard InChI is InChI=1S/C17H19NO4S/c1-2-17(16(19)20,12-13-8-6-7-11-15(13)18)23(21,22)14-9-4-3-5-10-14/h3-11H,2,12,18H2,1H3,(H,19,20). The van der Waals surface area contributed by atoms with E-state index in [0.29, 0.717) is 11.3 Å². The Morgan fingerprint density at radius 1 is 1.09 bits per heavy atom. The molecule has 6 heteroatoms. The molecule has 0 fully saturated rings. The van der Waals surface area contributed by atoms with Crippen LogP contribution in [-0.4, -0.2) is 24.2 Å². The molecule has 1 unspecified atom stereocenters. The lowest BCUT2D eigenvalue weighted by Gasteiger charge is -2.28. The molecular weight excluding hydrogens is 314 g/mol. The highest BCUT2D eigenvalue weighted by Gasteiger charge is 2.50. The van der Waals surface area contributed by atoms with Crippen molar-refractivity contribution in [1.29, 1.82) is 0 Å². The minimum Gasteiger partial charge on any atom is -0.480 e. The number of carboxylic acid groups (broad SMARTS) is 1. The van der Waals surface area contributed by atoms with Gasteiger partial charge in [-0.1, -0.05) is 43.3 Å². The van der Waals surface area contributed by atoms with Crippen LogP contribution in [0.5, 0.6) is 0 Å². The van der Waals surface area contributed by atoms with Crippen molar-refractivity contribution in [3.05, 3.63) is 60.2 Å². The Hall–Kier alpha value is -2.34. The minimum atomic E-state index is -4.08. The summed E-state index contributed by atoms with van der Waals surface area (Å²) in [4.78, 5) is 12.0. The Balaban J connectivity index is 2.61. The number of anilines is 1. The maximum atomic E-state index is 13.0. The summed E-state index contributed by atoms with van der Waals surface area (Å²) in [6, 6.07) is 14.4. The van der Waals surface area contributed by atoms with Crippen molar-refractivity contribution in [1.82, 2.24) is 0 Å². The Labute approximate surface area is 135 Å². The fourth-order valence-corrected chi connectivity index (χ4v) is 4.50. The highest BCUT2D eigenvalue weighted by molar-refractivity contribution is 7.93. The quantitative estimate of drug-likeness (QED) is 0.792. The first kappa shape index (κ1) is 17.0. The van der Waals surface area contributed by atoms with E-state index in [4.69, 9.17) is 5.73 Å². The zero-order valence-corrected chi connectivity index (χ0v) is 13.6. The third-order valence-electron chi connectivity index (χ3n) is 4.06. The van der Waals surface area contributed by atoms with Crippen molar-refractivity contribution in [3.8, 4) is 0 Å². The van der Waals surface area contributed by atoms with Crippen molar-refractivity contribution < 1.29 is 18.3 Å². The molecule has 0 saturated heterocycles. The van der Waals surface area contributed by atoms with Gasteiger partial charge >= 0.3 is 5.97 Å². The number of benzene rings is 2. The van der Waals surface area contributed by atoms with Crippen molar-refractivity contribution in [2.75, 3.05) is 5.73 Å². The molecule has 1 atom stereocenters. The summed E-state index contributed by atoms with van der Waals surface area (Å²) in [6.07, 6.45) is -0.239. The van der Waals surface area contributed by atoms with Crippen LogP contribution in [0, 0.1) is 0 Å². The topological polar surface area (TPSA) is 97.5 Å². The second-order valence-corrected chi connectivity index (χ2v) is 7.60. The summed E-state index contributed by atoms with van der Waals surface area (Å²) in [5, 5.41) is 9.75. The van der Waals surface area contributed by atoms with Crippen LogP contribution in [0.25, 0.3) is 0 Å². The molecule has 2 aromatic rings. The zero-order chi connectivity index (χ0) is 17.1. The number of nitrogens with two attached hydrogens (primary N) is 1. The van der Waals surface area contributed by atoms with Gasteiger partial charge in [-0.3, -0.25) is 4.79 Å². The molecule has 0 saturated carbocycles. The van der Waals surface area contributed by atoms with Gasteiger partial charge in [-0.25, -0.2) is 8.42 Å². The van der Waals surface area contributed by atoms with Crippen LogP contribution in [0.15, 0.2) is 59.5 Å². The number of hydrogen-bond donors (Lipinski definition) is 2. The van der Waals surface area contributed by atoms with Crippen molar-refractivity contribution in [2.45, 2.75) is 29.4 Å². The second-order valence-electron chi connectivity index (χ2n) is 5.35. The van der Waals surface area contributed by atoms with E-state index in [0.717, 1.165) is 0 Å². The first-order valence-corrected chi connectivity index (χ1v) is 8.70. The monoisotopic (exact) mass is 333 g/mol. The summed E-state index contributed by atoms with van der Waals surface area (Å²) >= 11 is 0. The summed E-state index contributed by atoms with van der Waals surface area (Å²) in [7, 11) is -4.08. The number of hydrogen-bond acceptors (Lipinski definition) is 4.